The predicted molar refractivity (Wildman–Crippen MR) is 82.5 cm³/mol. The molecule has 0 amide bonds. The third-order valence-electron chi connectivity index (χ3n) is 3.36. The lowest BCUT2D eigenvalue weighted by Gasteiger charge is -2.09. The summed E-state index contributed by atoms with van der Waals surface area (Å²) in [6.45, 7) is 6.35. The number of hydrogen-bond acceptors (Lipinski definition) is 4. The summed E-state index contributed by atoms with van der Waals surface area (Å²) < 4.78 is 2.57. The average molecular weight is 292 g/mol. The topological polar surface area (TPSA) is 34.9 Å². The van der Waals surface area contributed by atoms with Gasteiger partial charge in [-0.05, 0) is 30.6 Å². The molecule has 0 N–H and O–H groups in total. The van der Waals surface area contributed by atoms with Crippen molar-refractivity contribution in [2.45, 2.75) is 37.9 Å². The summed E-state index contributed by atoms with van der Waals surface area (Å²) >= 11 is 3.27. The van der Waals surface area contributed by atoms with Crippen LogP contribution in [0.1, 0.15) is 23.8 Å². The Balaban J connectivity index is 2.29. The number of thiophene rings is 1. The van der Waals surface area contributed by atoms with Crippen molar-refractivity contribution in [2.75, 3.05) is 5.75 Å². The second-order valence-electron chi connectivity index (χ2n) is 4.57. The fourth-order valence-electron chi connectivity index (χ4n) is 2.55. The second kappa shape index (κ2) is 5.13. The van der Waals surface area contributed by atoms with Gasteiger partial charge in [-0.3, -0.25) is 9.36 Å². The molecule has 100 valence electrons. The molecule has 0 spiro atoms. The van der Waals surface area contributed by atoms with Crippen LogP contribution in [0.3, 0.4) is 0 Å². The van der Waals surface area contributed by atoms with Gasteiger partial charge in [-0.25, -0.2) is 4.98 Å². The largest absolute Gasteiger partial charge is 0.283 e. The number of rotatable bonds is 4. The summed E-state index contributed by atoms with van der Waals surface area (Å²) in [5.74, 6) is 0.918. The van der Waals surface area contributed by atoms with E-state index in [1.807, 2.05) is 0 Å². The normalized spacial score (nSPS) is 13.9. The molecule has 0 radical (unpaired) electrons. The van der Waals surface area contributed by atoms with E-state index in [9.17, 15) is 4.79 Å². The molecule has 0 saturated heterocycles. The predicted octanol–water partition coefficient (Wildman–Crippen LogP) is 3.24. The lowest BCUT2D eigenvalue weighted by atomic mass is 10.2. The zero-order valence-electron chi connectivity index (χ0n) is 10.9. The van der Waals surface area contributed by atoms with Crippen molar-refractivity contribution in [3.63, 3.8) is 0 Å². The molecule has 0 atom stereocenters. The van der Waals surface area contributed by atoms with Crippen LogP contribution in [0.4, 0.5) is 0 Å². The quantitative estimate of drug-likeness (QED) is 0.493. The SMILES string of the molecule is C=CCn1c(SCC)nc2c3c(sc2c1=O)CCC3. The first-order valence-electron chi connectivity index (χ1n) is 6.55. The van der Waals surface area contributed by atoms with Crippen molar-refractivity contribution in [2.24, 2.45) is 0 Å². The van der Waals surface area contributed by atoms with Gasteiger partial charge in [0.25, 0.3) is 5.56 Å². The highest BCUT2D eigenvalue weighted by Crippen LogP contribution is 2.35. The molecule has 1 aliphatic carbocycles. The Labute approximate surface area is 120 Å². The number of nitrogens with zero attached hydrogens (tertiary/aromatic N) is 2. The Bertz CT molecular complexity index is 700. The molecule has 0 saturated carbocycles. The smallest absolute Gasteiger partial charge is 0.272 e. The van der Waals surface area contributed by atoms with Gasteiger partial charge in [0.2, 0.25) is 0 Å². The van der Waals surface area contributed by atoms with Crippen LogP contribution >= 0.6 is 23.1 Å². The molecular weight excluding hydrogens is 276 g/mol. The van der Waals surface area contributed by atoms with E-state index in [-0.39, 0.29) is 5.56 Å². The van der Waals surface area contributed by atoms with Gasteiger partial charge in [0.15, 0.2) is 5.16 Å². The maximum absolute atomic E-state index is 12.6. The first-order valence-corrected chi connectivity index (χ1v) is 8.35. The summed E-state index contributed by atoms with van der Waals surface area (Å²) in [7, 11) is 0. The molecule has 0 fully saturated rings. The van der Waals surface area contributed by atoms with Gasteiger partial charge in [-0.2, -0.15) is 0 Å². The molecule has 2 aromatic heterocycles. The molecule has 0 bridgehead atoms. The van der Waals surface area contributed by atoms with Crippen LogP contribution in [0.5, 0.6) is 0 Å². The highest BCUT2D eigenvalue weighted by Gasteiger charge is 2.22. The van der Waals surface area contributed by atoms with Crippen molar-refractivity contribution in [1.29, 1.82) is 0 Å². The lowest BCUT2D eigenvalue weighted by Crippen LogP contribution is -2.22. The summed E-state index contributed by atoms with van der Waals surface area (Å²) in [4.78, 5) is 18.7. The zero-order chi connectivity index (χ0) is 13.4. The van der Waals surface area contributed by atoms with Gasteiger partial charge >= 0.3 is 0 Å². The maximum atomic E-state index is 12.6. The first-order chi connectivity index (χ1) is 9.26. The first kappa shape index (κ1) is 12.9. The minimum absolute atomic E-state index is 0.0975. The fourth-order valence-corrected chi connectivity index (χ4v) is 4.55. The van der Waals surface area contributed by atoms with Gasteiger partial charge in [0.05, 0.1) is 5.52 Å². The van der Waals surface area contributed by atoms with E-state index in [1.54, 1.807) is 33.7 Å². The second-order valence-corrected chi connectivity index (χ2v) is 6.90. The minimum Gasteiger partial charge on any atom is -0.283 e. The van der Waals surface area contributed by atoms with Gasteiger partial charge in [0, 0.05) is 11.4 Å². The third kappa shape index (κ3) is 2.05. The molecule has 1 aliphatic rings. The van der Waals surface area contributed by atoms with E-state index >= 15 is 0 Å². The number of hydrogen-bond donors (Lipinski definition) is 0. The molecule has 0 aliphatic heterocycles. The highest BCUT2D eigenvalue weighted by atomic mass is 32.2. The Morgan fingerprint density at radius 1 is 1.53 bits per heavy atom. The molecule has 3 rings (SSSR count). The molecule has 19 heavy (non-hydrogen) atoms. The van der Waals surface area contributed by atoms with Crippen LogP contribution < -0.4 is 5.56 Å². The number of allylic oxidation sites excluding steroid dienone is 1. The molecule has 0 unspecified atom stereocenters. The average Bonchev–Trinajstić information content (AvgIpc) is 2.96. The minimum atomic E-state index is 0.0975. The van der Waals surface area contributed by atoms with E-state index in [2.05, 4.69) is 13.5 Å². The van der Waals surface area contributed by atoms with Crippen LogP contribution in [0.25, 0.3) is 10.2 Å². The van der Waals surface area contributed by atoms with E-state index < -0.39 is 0 Å². The van der Waals surface area contributed by atoms with E-state index in [0.29, 0.717) is 6.54 Å². The Morgan fingerprint density at radius 3 is 3.11 bits per heavy atom. The Morgan fingerprint density at radius 2 is 2.37 bits per heavy atom. The molecule has 2 aromatic rings. The molecule has 3 nitrogen and oxygen atoms in total. The monoisotopic (exact) mass is 292 g/mol. The number of fused-ring (bicyclic) bond motifs is 3. The lowest BCUT2D eigenvalue weighted by molar-refractivity contribution is 0.672. The van der Waals surface area contributed by atoms with Crippen LogP contribution in [-0.4, -0.2) is 15.3 Å². The van der Waals surface area contributed by atoms with Gasteiger partial charge in [-0.15, -0.1) is 17.9 Å². The van der Waals surface area contributed by atoms with Crippen LogP contribution in [0.15, 0.2) is 22.6 Å². The maximum Gasteiger partial charge on any atom is 0.272 e. The van der Waals surface area contributed by atoms with Crippen molar-refractivity contribution >= 4 is 33.3 Å². The number of thioether (sulfide) groups is 1. The fraction of sp³-hybridized carbons (Fsp3) is 0.429. The molecule has 0 aromatic carbocycles. The Kier molecular flexibility index (Phi) is 3.50. The summed E-state index contributed by atoms with van der Waals surface area (Å²) in [6.07, 6.45) is 5.14. The van der Waals surface area contributed by atoms with Crippen molar-refractivity contribution in [1.82, 2.24) is 9.55 Å². The summed E-state index contributed by atoms with van der Waals surface area (Å²) in [6, 6.07) is 0. The number of aromatic nitrogens is 2. The van der Waals surface area contributed by atoms with Crippen LogP contribution in [-0.2, 0) is 19.4 Å². The van der Waals surface area contributed by atoms with Gasteiger partial charge in [-0.1, -0.05) is 24.8 Å². The van der Waals surface area contributed by atoms with Gasteiger partial charge < -0.3 is 0 Å². The molecular formula is C14H16N2OS2. The summed E-state index contributed by atoms with van der Waals surface area (Å²) in [5.41, 5.74) is 2.37. The van der Waals surface area contributed by atoms with E-state index in [4.69, 9.17) is 4.98 Å². The van der Waals surface area contributed by atoms with E-state index in [1.165, 1.54) is 16.9 Å². The number of aryl methyl sites for hydroxylation is 2. The Hall–Kier alpha value is -1.07. The van der Waals surface area contributed by atoms with E-state index in [0.717, 1.165) is 34.0 Å². The van der Waals surface area contributed by atoms with Crippen molar-refractivity contribution in [3.8, 4) is 0 Å². The highest BCUT2D eigenvalue weighted by molar-refractivity contribution is 7.99. The van der Waals surface area contributed by atoms with Gasteiger partial charge in [0.1, 0.15) is 4.70 Å². The third-order valence-corrected chi connectivity index (χ3v) is 5.48. The van der Waals surface area contributed by atoms with Crippen molar-refractivity contribution in [3.05, 3.63) is 33.4 Å². The van der Waals surface area contributed by atoms with Crippen molar-refractivity contribution < 1.29 is 0 Å². The summed E-state index contributed by atoms with van der Waals surface area (Å²) in [5, 5.41) is 0.826. The zero-order valence-corrected chi connectivity index (χ0v) is 12.6. The molecule has 2 heterocycles. The van der Waals surface area contributed by atoms with Crippen LogP contribution in [0.2, 0.25) is 0 Å². The molecule has 5 heteroatoms. The standard InChI is InChI=1S/C14H16N2OS2/c1-3-8-16-13(17)12-11(15-14(16)18-4-2)9-6-5-7-10(9)19-12/h3H,1,4-8H2,2H3. The van der Waals surface area contributed by atoms with Crippen LogP contribution in [0, 0.1) is 0 Å².